The molecule has 0 bridgehead atoms. The second-order valence-electron chi connectivity index (χ2n) is 11.7. The molecule has 1 saturated carbocycles. The predicted octanol–water partition coefficient (Wildman–Crippen LogP) is 7.77. The van der Waals surface area contributed by atoms with Crippen molar-refractivity contribution in [3.05, 3.63) is 118 Å². The lowest BCUT2D eigenvalue weighted by atomic mass is 10.1. The third-order valence-corrected chi connectivity index (χ3v) is 10.6. The third kappa shape index (κ3) is 8.66. The summed E-state index contributed by atoms with van der Waals surface area (Å²) in [5, 5.41) is 3.82. The summed E-state index contributed by atoms with van der Waals surface area (Å²) >= 11 is 12.6. The van der Waals surface area contributed by atoms with Crippen molar-refractivity contribution in [3.63, 3.8) is 0 Å². The number of halogens is 2. The van der Waals surface area contributed by atoms with Crippen LogP contribution in [0.2, 0.25) is 10.0 Å². The van der Waals surface area contributed by atoms with Crippen molar-refractivity contribution in [1.29, 1.82) is 0 Å². The Morgan fingerprint density at radius 3 is 2.17 bits per heavy atom. The van der Waals surface area contributed by atoms with Crippen LogP contribution in [0.3, 0.4) is 0 Å². The van der Waals surface area contributed by atoms with Gasteiger partial charge in [-0.2, -0.15) is 0 Å². The Labute approximate surface area is 286 Å². The maximum absolute atomic E-state index is 14.3. The summed E-state index contributed by atoms with van der Waals surface area (Å²) < 4.78 is 35.3. The molecule has 11 heteroatoms. The van der Waals surface area contributed by atoms with Gasteiger partial charge in [0.15, 0.2) is 0 Å². The Kier molecular flexibility index (Phi) is 11.1. The lowest BCUT2D eigenvalue weighted by molar-refractivity contribution is -0.139. The van der Waals surface area contributed by atoms with Crippen molar-refractivity contribution in [1.82, 2.24) is 10.2 Å². The second kappa shape index (κ2) is 15.2. The second-order valence-corrected chi connectivity index (χ2v) is 14.4. The molecule has 0 spiro atoms. The first kappa shape index (κ1) is 34.3. The number of hydrogen-bond acceptors (Lipinski definition) is 5. The SMILES string of the molecule is Cc1ccc(S(=O)(=O)N(CC(=O)N(Cc2ccc(Cl)cc2Cl)C(C)C(=O)NC2CCCC2)c2ccc(Oc3ccccc3)cc2)cc1. The molecule has 0 heterocycles. The Balaban J connectivity index is 1.48. The fourth-order valence-corrected chi connectivity index (χ4v) is 7.36. The number of nitrogens with zero attached hydrogens (tertiary/aromatic N) is 2. The van der Waals surface area contributed by atoms with E-state index in [1.165, 1.54) is 17.0 Å². The van der Waals surface area contributed by atoms with Gasteiger partial charge in [0, 0.05) is 22.6 Å². The minimum atomic E-state index is -4.22. The van der Waals surface area contributed by atoms with Crippen LogP contribution < -0.4 is 14.4 Å². The average Bonchev–Trinajstić information content (AvgIpc) is 3.57. The molecule has 1 aliphatic carbocycles. The molecule has 1 N–H and O–H groups in total. The number of carbonyl (C=O) groups is 2. The summed E-state index contributed by atoms with van der Waals surface area (Å²) in [7, 11) is -4.22. The lowest BCUT2D eigenvalue weighted by Gasteiger charge is -2.32. The van der Waals surface area contributed by atoms with Gasteiger partial charge in [-0.05, 0) is 92.9 Å². The molecule has 0 aromatic heterocycles. The van der Waals surface area contributed by atoms with Crippen molar-refractivity contribution in [2.45, 2.75) is 63.1 Å². The summed E-state index contributed by atoms with van der Waals surface area (Å²) in [6, 6.07) is 26.1. The van der Waals surface area contributed by atoms with Gasteiger partial charge in [0.2, 0.25) is 11.8 Å². The van der Waals surface area contributed by atoms with Crippen molar-refractivity contribution in [2.24, 2.45) is 0 Å². The topological polar surface area (TPSA) is 96.0 Å². The quantitative estimate of drug-likeness (QED) is 0.164. The van der Waals surface area contributed by atoms with Gasteiger partial charge in [0.25, 0.3) is 10.0 Å². The molecule has 1 atom stereocenters. The van der Waals surface area contributed by atoms with Gasteiger partial charge in [-0.15, -0.1) is 0 Å². The highest BCUT2D eigenvalue weighted by atomic mass is 35.5. The van der Waals surface area contributed by atoms with Crippen molar-refractivity contribution in [3.8, 4) is 11.5 Å². The Morgan fingerprint density at radius 2 is 1.53 bits per heavy atom. The molecule has 0 saturated heterocycles. The van der Waals surface area contributed by atoms with Gasteiger partial charge in [0.1, 0.15) is 24.1 Å². The summed E-state index contributed by atoms with van der Waals surface area (Å²) in [6.45, 7) is 2.90. The third-order valence-electron chi connectivity index (χ3n) is 8.22. The molecule has 5 rings (SSSR count). The first-order valence-corrected chi connectivity index (χ1v) is 17.7. The van der Waals surface area contributed by atoms with E-state index in [1.54, 1.807) is 61.5 Å². The van der Waals surface area contributed by atoms with Crippen LogP contribution in [-0.4, -0.2) is 43.8 Å². The fraction of sp³-hybridized carbons (Fsp3) is 0.278. The molecular formula is C36H37Cl2N3O5S. The predicted molar refractivity (Wildman–Crippen MR) is 186 cm³/mol. The number of aryl methyl sites for hydroxylation is 1. The van der Waals surface area contributed by atoms with E-state index in [0.717, 1.165) is 35.6 Å². The van der Waals surface area contributed by atoms with E-state index in [1.807, 2.05) is 37.3 Å². The monoisotopic (exact) mass is 693 g/mol. The van der Waals surface area contributed by atoms with Crippen LogP contribution in [0.15, 0.2) is 102 Å². The van der Waals surface area contributed by atoms with Crippen LogP contribution in [-0.2, 0) is 26.2 Å². The van der Waals surface area contributed by atoms with Gasteiger partial charge in [-0.1, -0.05) is 78.0 Å². The minimum Gasteiger partial charge on any atom is -0.457 e. The summed E-state index contributed by atoms with van der Waals surface area (Å²) in [5.74, 6) is 0.229. The number of ether oxygens (including phenoxy) is 1. The standard InChI is InChI=1S/C36H37Cl2N3O5S/c1-25-12-20-33(21-13-25)47(44,45)41(30-16-18-32(19-17-30)46-31-10-4-3-5-11-31)24-35(42)40(23-27-14-15-28(37)22-34(27)38)26(2)36(43)39-29-8-6-7-9-29/h3-5,10-22,26,29H,6-9,23-24H2,1-2H3,(H,39,43). The molecule has 246 valence electrons. The molecule has 4 aromatic carbocycles. The largest absolute Gasteiger partial charge is 0.457 e. The van der Waals surface area contributed by atoms with Crippen LogP contribution >= 0.6 is 23.2 Å². The molecule has 1 aliphatic rings. The van der Waals surface area contributed by atoms with Crippen LogP contribution in [0.25, 0.3) is 0 Å². The minimum absolute atomic E-state index is 0.0276. The fourth-order valence-electron chi connectivity index (χ4n) is 5.48. The Hall–Kier alpha value is -4.05. The van der Waals surface area contributed by atoms with E-state index in [9.17, 15) is 18.0 Å². The zero-order valence-corrected chi connectivity index (χ0v) is 28.6. The highest BCUT2D eigenvalue weighted by Crippen LogP contribution is 2.30. The molecule has 2 amide bonds. The van der Waals surface area contributed by atoms with Crippen LogP contribution in [0.5, 0.6) is 11.5 Å². The zero-order valence-electron chi connectivity index (χ0n) is 26.2. The molecule has 4 aromatic rings. The van der Waals surface area contributed by atoms with E-state index in [-0.39, 0.29) is 29.1 Å². The zero-order chi connectivity index (χ0) is 33.6. The van der Waals surface area contributed by atoms with Gasteiger partial charge in [-0.25, -0.2) is 8.42 Å². The van der Waals surface area contributed by atoms with Gasteiger partial charge in [-0.3, -0.25) is 13.9 Å². The van der Waals surface area contributed by atoms with E-state index >= 15 is 0 Å². The highest BCUT2D eigenvalue weighted by molar-refractivity contribution is 7.92. The normalized spacial score (nSPS) is 14.0. The number of para-hydroxylation sites is 1. The van der Waals surface area contributed by atoms with Crippen molar-refractivity contribution in [2.75, 3.05) is 10.8 Å². The lowest BCUT2D eigenvalue weighted by Crippen LogP contribution is -2.52. The summed E-state index contributed by atoms with van der Waals surface area (Å²) in [4.78, 5) is 29.1. The van der Waals surface area contributed by atoms with Crippen molar-refractivity contribution < 1.29 is 22.7 Å². The number of amides is 2. The van der Waals surface area contributed by atoms with Crippen LogP contribution in [0.4, 0.5) is 5.69 Å². The first-order chi connectivity index (χ1) is 22.5. The molecule has 1 fully saturated rings. The molecular weight excluding hydrogens is 657 g/mol. The van der Waals surface area contributed by atoms with Gasteiger partial charge < -0.3 is 15.0 Å². The van der Waals surface area contributed by atoms with Gasteiger partial charge >= 0.3 is 0 Å². The first-order valence-electron chi connectivity index (χ1n) is 15.5. The Morgan fingerprint density at radius 1 is 0.894 bits per heavy atom. The molecule has 1 unspecified atom stereocenters. The van der Waals surface area contributed by atoms with E-state index in [4.69, 9.17) is 27.9 Å². The molecule has 47 heavy (non-hydrogen) atoms. The maximum atomic E-state index is 14.3. The van der Waals surface area contributed by atoms with Crippen LogP contribution in [0, 0.1) is 6.92 Å². The maximum Gasteiger partial charge on any atom is 0.264 e. The van der Waals surface area contributed by atoms with E-state index in [0.29, 0.717) is 27.1 Å². The molecule has 0 radical (unpaired) electrons. The molecule has 8 nitrogen and oxygen atoms in total. The molecule has 0 aliphatic heterocycles. The summed E-state index contributed by atoms with van der Waals surface area (Å²) in [5.41, 5.74) is 1.72. The number of carbonyl (C=O) groups excluding carboxylic acids is 2. The number of sulfonamides is 1. The number of anilines is 1. The summed E-state index contributed by atoms with van der Waals surface area (Å²) in [6.07, 6.45) is 3.82. The average molecular weight is 695 g/mol. The van der Waals surface area contributed by atoms with Crippen LogP contribution in [0.1, 0.15) is 43.7 Å². The van der Waals surface area contributed by atoms with E-state index in [2.05, 4.69) is 5.32 Å². The van der Waals surface area contributed by atoms with Crippen molar-refractivity contribution >= 4 is 50.7 Å². The highest BCUT2D eigenvalue weighted by Gasteiger charge is 2.33. The number of rotatable bonds is 12. The Bertz CT molecular complexity index is 1800. The van der Waals surface area contributed by atoms with Gasteiger partial charge in [0.05, 0.1) is 10.6 Å². The smallest absolute Gasteiger partial charge is 0.264 e. The number of hydrogen-bond donors (Lipinski definition) is 1. The number of nitrogens with one attached hydrogen (secondary N) is 1. The number of benzene rings is 4. The van der Waals surface area contributed by atoms with E-state index < -0.39 is 28.5 Å².